The number of carbonyl (C=O) groups is 1. The van der Waals surface area contributed by atoms with Crippen LogP contribution in [0.2, 0.25) is 0 Å². The van der Waals surface area contributed by atoms with Gasteiger partial charge in [-0.25, -0.2) is 4.98 Å². The Morgan fingerprint density at radius 2 is 2.00 bits per heavy atom. The maximum Gasteiger partial charge on any atom is 0.251 e. The summed E-state index contributed by atoms with van der Waals surface area (Å²) in [5, 5.41) is 2.90. The Hall–Kier alpha value is -3.08. The van der Waals surface area contributed by atoms with Crippen molar-refractivity contribution in [3.63, 3.8) is 0 Å². The van der Waals surface area contributed by atoms with Crippen LogP contribution in [0.1, 0.15) is 21.7 Å². The zero-order chi connectivity index (χ0) is 16.8. The van der Waals surface area contributed by atoms with Crippen LogP contribution in [0, 0.1) is 0 Å². The standard InChI is InChI=1S/C19H19N3O2/c1-24-17-9-5-8-16(12-17)19(23)21-13-18-20-10-11-22(18)14-15-6-3-2-4-7-15/h2-12H,13-14H2,1H3,(H,21,23). The van der Waals surface area contributed by atoms with Crippen LogP contribution in [0.3, 0.4) is 0 Å². The summed E-state index contributed by atoms with van der Waals surface area (Å²) in [5.41, 5.74) is 1.76. The smallest absolute Gasteiger partial charge is 0.251 e. The van der Waals surface area contributed by atoms with Gasteiger partial charge in [0.05, 0.1) is 13.7 Å². The monoisotopic (exact) mass is 321 g/mol. The molecule has 5 heteroatoms. The van der Waals surface area contributed by atoms with Gasteiger partial charge in [0.15, 0.2) is 0 Å². The quantitative estimate of drug-likeness (QED) is 0.759. The van der Waals surface area contributed by atoms with E-state index in [1.807, 2.05) is 35.0 Å². The van der Waals surface area contributed by atoms with Crippen LogP contribution in [0.4, 0.5) is 0 Å². The van der Waals surface area contributed by atoms with Crippen LogP contribution < -0.4 is 10.1 Å². The number of nitrogens with zero attached hydrogens (tertiary/aromatic N) is 2. The van der Waals surface area contributed by atoms with Gasteiger partial charge >= 0.3 is 0 Å². The topological polar surface area (TPSA) is 56.1 Å². The molecule has 0 saturated heterocycles. The highest BCUT2D eigenvalue weighted by Crippen LogP contribution is 2.12. The van der Waals surface area contributed by atoms with Crippen molar-refractivity contribution in [3.8, 4) is 5.75 Å². The van der Waals surface area contributed by atoms with Crippen LogP contribution in [-0.4, -0.2) is 22.6 Å². The summed E-state index contributed by atoms with van der Waals surface area (Å²) in [5.74, 6) is 1.33. The molecule has 0 aliphatic heterocycles. The summed E-state index contributed by atoms with van der Waals surface area (Å²) in [7, 11) is 1.58. The lowest BCUT2D eigenvalue weighted by Crippen LogP contribution is -2.24. The third kappa shape index (κ3) is 3.81. The van der Waals surface area contributed by atoms with Gasteiger partial charge in [-0.1, -0.05) is 36.4 Å². The molecular formula is C19H19N3O2. The van der Waals surface area contributed by atoms with Gasteiger partial charge in [-0.2, -0.15) is 0 Å². The van der Waals surface area contributed by atoms with Gasteiger partial charge in [0.1, 0.15) is 11.6 Å². The second-order valence-electron chi connectivity index (χ2n) is 5.37. The molecule has 5 nitrogen and oxygen atoms in total. The fraction of sp³-hybridized carbons (Fsp3) is 0.158. The molecule has 0 unspecified atom stereocenters. The Morgan fingerprint density at radius 3 is 2.79 bits per heavy atom. The SMILES string of the molecule is COc1cccc(C(=O)NCc2nccn2Cc2ccccc2)c1. The molecule has 0 radical (unpaired) electrons. The fourth-order valence-electron chi connectivity index (χ4n) is 2.46. The fourth-order valence-corrected chi connectivity index (χ4v) is 2.46. The van der Waals surface area contributed by atoms with E-state index in [0.717, 1.165) is 12.4 Å². The average molecular weight is 321 g/mol. The van der Waals surface area contributed by atoms with Crippen molar-refractivity contribution in [2.45, 2.75) is 13.1 Å². The minimum Gasteiger partial charge on any atom is -0.497 e. The number of hydrogen-bond acceptors (Lipinski definition) is 3. The number of methoxy groups -OCH3 is 1. The summed E-state index contributed by atoms with van der Waals surface area (Å²) < 4.78 is 7.17. The Balaban J connectivity index is 1.65. The molecule has 0 aliphatic rings. The van der Waals surface area contributed by atoms with Gasteiger partial charge in [0, 0.05) is 24.5 Å². The summed E-state index contributed by atoms with van der Waals surface area (Å²) in [6, 6.07) is 17.2. The molecule has 0 spiro atoms. The number of ether oxygens (including phenoxy) is 1. The Kier molecular flexibility index (Phi) is 4.91. The molecule has 0 saturated carbocycles. The van der Waals surface area contributed by atoms with E-state index < -0.39 is 0 Å². The van der Waals surface area contributed by atoms with Crippen LogP contribution in [0.25, 0.3) is 0 Å². The molecule has 0 bridgehead atoms. The number of nitrogens with one attached hydrogen (secondary N) is 1. The number of rotatable bonds is 6. The van der Waals surface area contributed by atoms with Crippen molar-refractivity contribution >= 4 is 5.91 Å². The van der Waals surface area contributed by atoms with Crippen molar-refractivity contribution in [2.24, 2.45) is 0 Å². The minimum atomic E-state index is -0.150. The van der Waals surface area contributed by atoms with E-state index in [2.05, 4.69) is 22.4 Å². The third-order valence-electron chi connectivity index (χ3n) is 3.74. The molecule has 122 valence electrons. The number of hydrogen-bond donors (Lipinski definition) is 1. The van der Waals surface area contributed by atoms with E-state index >= 15 is 0 Å². The molecule has 1 amide bonds. The Bertz CT molecular complexity index is 812. The van der Waals surface area contributed by atoms with E-state index in [9.17, 15) is 4.79 Å². The van der Waals surface area contributed by atoms with Gasteiger partial charge in [0.2, 0.25) is 0 Å². The van der Waals surface area contributed by atoms with E-state index in [1.165, 1.54) is 5.56 Å². The first-order chi connectivity index (χ1) is 11.8. The van der Waals surface area contributed by atoms with Crippen molar-refractivity contribution in [3.05, 3.63) is 83.9 Å². The number of aromatic nitrogens is 2. The zero-order valence-electron chi connectivity index (χ0n) is 13.5. The van der Waals surface area contributed by atoms with Gasteiger partial charge < -0.3 is 14.6 Å². The van der Waals surface area contributed by atoms with Crippen molar-refractivity contribution in [1.29, 1.82) is 0 Å². The number of amides is 1. The average Bonchev–Trinajstić information content (AvgIpc) is 3.07. The van der Waals surface area contributed by atoms with Gasteiger partial charge in [-0.15, -0.1) is 0 Å². The predicted octanol–water partition coefficient (Wildman–Crippen LogP) is 2.87. The maximum atomic E-state index is 12.3. The lowest BCUT2D eigenvalue weighted by Gasteiger charge is -2.10. The van der Waals surface area contributed by atoms with Gasteiger partial charge in [-0.05, 0) is 23.8 Å². The Morgan fingerprint density at radius 1 is 1.17 bits per heavy atom. The van der Waals surface area contributed by atoms with E-state index in [-0.39, 0.29) is 5.91 Å². The number of carbonyl (C=O) groups excluding carboxylic acids is 1. The predicted molar refractivity (Wildman–Crippen MR) is 91.9 cm³/mol. The van der Waals surface area contributed by atoms with Crippen LogP contribution >= 0.6 is 0 Å². The summed E-state index contributed by atoms with van der Waals surface area (Å²) >= 11 is 0. The highest BCUT2D eigenvalue weighted by atomic mass is 16.5. The largest absolute Gasteiger partial charge is 0.497 e. The maximum absolute atomic E-state index is 12.3. The molecule has 1 heterocycles. The molecular weight excluding hydrogens is 302 g/mol. The lowest BCUT2D eigenvalue weighted by atomic mass is 10.2. The summed E-state index contributed by atoms with van der Waals surface area (Å²) in [6.07, 6.45) is 3.66. The first kappa shape index (κ1) is 15.8. The second kappa shape index (κ2) is 7.46. The third-order valence-corrected chi connectivity index (χ3v) is 3.74. The summed E-state index contributed by atoms with van der Waals surface area (Å²) in [6.45, 7) is 1.10. The van der Waals surface area contributed by atoms with E-state index in [0.29, 0.717) is 17.9 Å². The van der Waals surface area contributed by atoms with Crippen molar-refractivity contribution < 1.29 is 9.53 Å². The zero-order valence-corrected chi connectivity index (χ0v) is 13.5. The van der Waals surface area contributed by atoms with Crippen LogP contribution in [-0.2, 0) is 13.1 Å². The normalized spacial score (nSPS) is 10.4. The van der Waals surface area contributed by atoms with E-state index in [1.54, 1.807) is 31.5 Å². The Labute approximate surface area is 140 Å². The minimum absolute atomic E-state index is 0.150. The van der Waals surface area contributed by atoms with Gasteiger partial charge in [-0.3, -0.25) is 4.79 Å². The second-order valence-corrected chi connectivity index (χ2v) is 5.37. The molecule has 24 heavy (non-hydrogen) atoms. The molecule has 1 aromatic heterocycles. The van der Waals surface area contributed by atoms with Crippen molar-refractivity contribution in [1.82, 2.24) is 14.9 Å². The van der Waals surface area contributed by atoms with E-state index in [4.69, 9.17) is 4.74 Å². The molecule has 1 N–H and O–H groups in total. The first-order valence-corrected chi connectivity index (χ1v) is 7.72. The highest BCUT2D eigenvalue weighted by Gasteiger charge is 2.09. The molecule has 3 rings (SSSR count). The first-order valence-electron chi connectivity index (χ1n) is 7.72. The van der Waals surface area contributed by atoms with Crippen LogP contribution in [0.15, 0.2) is 67.0 Å². The molecule has 0 fully saturated rings. The highest BCUT2D eigenvalue weighted by molar-refractivity contribution is 5.94. The number of imidazole rings is 1. The lowest BCUT2D eigenvalue weighted by molar-refractivity contribution is 0.0949. The van der Waals surface area contributed by atoms with Crippen molar-refractivity contribution in [2.75, 3.05) is 7.11 Å². The van der Waals surface area contributed by atoms with Gasteiger partial charge in [0.25, 0.3) is 5.91 Å². The molecule has 2 aromatic carbocycles. The van der Waals surface area contributed by atoms with Crippen LogP contribution in [0.5, 0.6) is 5.75 Å². The summed E-state index contributed by atoms with van der Waals surface area (Å²) in [4.78, 5) is 16.6. The molecule has 3 aromatic rings. The molecule has 0 atom stereocenters. The molecule has 0 aliphatic carbocycles. The number of benzene rings is 2.